The Morgan fingerprint density at radius 2 is 2.17 bits per heavy atom. The molecule has 18 heavy (non-hydrogen) atoms. The normalized spacial score (nSPS) is 10.1. The summed E-state index contributed by atoms with van der Waals surface area (Å²) in [6.07, 6.45) is 3.04. The number of anilines is 1. The zero-order valence-electron chi connectivity index (χ0n) is 11.0. The number of hydrogen-bond acceptors (Lipinski definition) is 4. The average Bonchev–Trinajstić information content (AvgIpc) is 2.42. The van der Waals surface area contributed by atoms with Crippen LogP contribution in [0.25, 0.3) is 0 Å². The van der Waals surface area contributed by atoms with Gasteiger partial charge in [0, 0.05) is 27.3 Å². The van der Waals surface area contributed by atoms with Crippen molar-refractivity contribution in [1.82, 2.24) is 10.3 Å². The van der Waals surface area contributed by atoms with Gasteiger partial charge in [-0.15, -0.1) is 0 Å². The molecule has 0 bridgehead atoms. The van der Waals surface area contributed by atoms with Crippen LogP contribution in [0.4, 0.5) is 5.82 Å². The van der Waals surface area contributed by atoms with E-state index in [1.807, 2.05) is 12.1 Å². The Bertz CT molecular complexity index is 369. The molecular weight excluding hydrogens is 230 g/mol. The maximum absolute atomic E-state index is 11.8. The molecule has 0 aliphatic rings. The smallest absolute Gasteiger partial charge is 0.269 e. The second-order valence-electron chi connectivity index (χ2n) is 3.97. The monoisotopic (exact) mass is 251 g/mol. The Hall–Kier alpha value is -1.62. The molecule has 0 aromatic carbocycles. The minimum absolute atomic E-state index is 0.126. The van der Waals surface area contributed by atoms with Gasteiger partial charge in [0.2, 0.25) is 0 Å². The second-order valence-corrected chi connectivity index (χ2v) is 3.97. The molecule has 1 aromatic rings. The van der Waals surface area contributed by atoms with Crippen LogP contribution in [0.2, 0.25) is 0 Å². The number of carbonyl (C=O) groups is 1. The van der Waals surface area contributed by atoms with Crippen LogP contribution < -0.4 is 10.6 Å². The van der Waals surface area contributed by atoms with Gasteiger partial charge in [0.1, 0.15) is 11.5 Å². The maximum atomic E-state index is 11.8. The summed E-state index contributed by atoms with van der Waals surface area (Å²) in [4.78, 5) is 16.0. The van der Waals surface area contributed by atoms with Crippen molar-refractivity contribution in [2.45, 2.75) is 19.3 Å². The van der Waals surface area contributed by atoms with Crippen LogP contribution in [0.3, 0.4) is 0 Å². The predicted octanol–water partition coefficient (Wildman–Crippen LogP) is 1.67. The average molecular weight is 251 g/mol. The van der Waals surface area contributed by atoms with E-state index < -0.39 is 0 Å². The van der Waals surface area contributed by atoms with Crippen molar-refractivity contribution < 1.29 is 9.53 Å². The number of nitrogens with one attached hydrogen (secondary N) is 2. The van der Waals surface area contributed by atoms with Gasteiger partial charge in [0.15, 0.2) is 0 Å². The Labute approximate surface area is 108 Å². The lowest BCUT2D eigenvalue weighted by Gasteiger charge is -2.06. The standard InChI is InChI=1S/C13H21N3O2/c1-14-12-8-6-7-11(16-12)13(17)15-9-4-3-5-10-18-2/h6-8H,3-5,9-10H2,1-2H3,(H,14,16)(H,15,17). The van der Waals surface area contributed by atoms with Gasteiger partial charge in [0.05, 0.1) is 0 Å². The first kappa shape index (κ1) is 14.4. The van der Waals surface area contributed by atoms with Crippen LogP contribution in [0, 0.1) is 0 Å². The SMILES string of the molecule is CNc1cccc(C(=O)NCCCCCOC)n1. The van der Waals surface area contributed by atoms with Crippen LogP contribution in [-0.2, 0) is 4.74 Å². The van der Waals surface area contributed by atoms with Crippen LogP contribution in [0.15, 0.2) is 18.2 Å². The van der Waals surface area contributed by atoms with Crippen LogP contribution in [0.1, 0.15) is 29.8 Å². The number of aromatic nitrogens is 1. The third-order valence-electron chi connectivity index (χ3n) is 2.55. The largest absolute Gasteiger partial charge is 0.385 e. The summed E-state index contributed by atoms with van der Waals surface area (Å²) in [6.45, 7) is 1.45. The molecule has 0 aliphatic heterocycles. The summed E-state index contributed by atoms with van der Waals surface area (Å²) in [5.74, 6) is 0.571. The van der Waals surface area contributed by atoms with E-state index in [4.69, 9.17) is 4.74 Å². The molecule has 100 valence electrons. The second kappa shape index (κ2) is 8.47. The van der Waals surface area contributed by atoms with Gasteiger partial charge < -0.3 is 15.4 Å². The summed E-state index contributed by atoms with van der Waals surface area (Å²) in [6, 6.07) is 5.34. The van der Waals surface area contributed by atoms with E-state index in [2.05, 4.69) is 15.6 Å². The molecule has 2 N–H and O–H groups in total. The molecule has 0 aliphatic carbocycles. The lowest BCUT2D eigenvalue weighted by atomic mass is 10.2. The van der Waals surface area contributed by atoms with Gasteiger partial charge in [0.25, 0.3) is 5.91 Å². The van der Waals surface area contributed by atoms with Crippen LogP contribution in [0.5, 0.6) is 0 Å². The molecule has 0 fully saturated rings. The number of carbonyl (C=O) groups excluding carboxylic acids is 1. The summed E-state index contributed by atoms with van der Waals surface area (Å²) in [7, 11) is 3.47. The van der Waals surface area contributed by atoms with Gasteiger partial charge in [-0.05, 0) is 31.4 Å². The first-order chi connectivity index (χ1) is 8.77. The molecule has 0 atom stereocenters. The number of hydrogen-bond donors (Lipinski definition) is 2. The van der Waals surface area contributed by atoms with E-state index in [9.17, 15) is 4.79 Å². The lowest BCUT2D eigenvalue weighted by Crippen LogP contribution is -2.25. The molecule has 0 unspecified atom stereocenters. The maximum Gasteiger partial charge on any atom is 0.269 e. The molecule has 1 heterocycles. The van der Waals surface area contributed by atoms with Gasteiger partial charge >= 0.3 is 0 Å². The van der Waals surface area contributed by atoms with Gasteiger partial charge in [-0.25, -0.2) is 4.98 Å². The van der Waals surface area contributed by atoms with Crippen LogP contribution in [-0.4, -0.2) is 38.2 Å². The third-order valence-corrected chi connectivity index (χ3v) is 2.55. The summed E-state index contributed by atoms with van der Waals surface area (Å²) in [5.41, 5.74) is 0.443. The summed E-state index contributed by atoms with van der Waals surface area (Å²) < 4.78 is 4.96. The predicted molar refractivity (Wildman–Crippen MR) is 71.8 cm³/mol. The molecular formula is C13H21N3O2. The van der Waals surface area contributed by atoms with E-state index in [0.717, 1.165) is 25.9 Å². The fourth-order valence-corrected chi connectivity index (χ4v) is 1.54. The van der Waals surface area contributed by atoms with Crippen LogP contribution >= 0.6 is 0 Å². The minimum atomic E-state index is -0.126. The first-order valence-corrected chi connectivity index (χ1v) is 6.20. The minimum Gasteiger partial charge on any atom is -0.385 e. The molecule has 0 saturated carbocycles. The number of amides is 1. The van der Waals surface area contributed by atoms with E-state index in [0.29, 0.717) is 18.1 Å². The molecule has 1 amide bonds. The van der Waals surface area contributed by atoms with Gasteiger partial charge in [-0.1, -0.05) is 6.07 Å². The number of rotatable bonds is 8. The zero-order valence-corrected chi connectivity index (χ0v) is 11.0. The summed E-state index contributed by atoms with van der Waals surface area (Å²) in [5, 5.41) is 5.76. The Kier molecular flexibility index (Phi) is 6.79. The number of pyridine rings is 1. The van der Waals surface area contributed by atoms with E-state index in [1.54, 1.807) is 20.2 Å². The molecule has 5 nitrogen and oxygen atoms in total. The quantitative estimate of drug-likeness (QED) is 0.690. The van der Waals surface area contributed by atoms with E-state index in [-0.39, 0.29) is 5.91 Å². The lowest BCUT2D eigenvalue weighted by molar-refractivity contribution is 0.0948. The topological polar surface area (TPSA) is 63.2 Å². The Morgan fingerprint density at radius 1 is 1.33 bits per heavy atom. The van der Waals surface area contributed by atoms with Crippen molar-refractivity contribution >= 4 is 11.7 Å². The number of ether oxygens (including phenoxy) is 1. The molecule has 0 spiro atoms. The van der Waals surface area contributed by atoms with Gasteiger partial charge in [-0.3, -0.25) is 4.79 Å². The Morgan fingerprint density at radius 3 is 2.89 bits per heavy atom. The fourth-order valence-electron chi connectivity index (χ4n) is 1.54. The third kappa shape index (κ3) is 5.14. The van der Waals surface area contributed by atoms with Crippen molar-refractivity contribution in [2.24, 2.45) is 0 Å². The first-order valence-electron chi connectivity index (χ1n) is 6.20. The molecule has 5 heteroatoms. The molecule has 0 radical (unpaired) electrons. The molecule has 1 aromatic heterocycles. The van der Waals surface area contributed by atoms with Gasteiger partial charge in [-0.2, -0.15) is 0 Å². The fraction of sp³-hybridized carbons (Fsp3) is 0.538. The van der Waals surface area contributed by atoms with Crippen molar-refractivity contribution in [3.8, 4) is 0 Å². The van der Waals surface area contributed by atoms with Crippen molar-refractivity contribution in [2.75, 3.05) is 32.6 Å². The highest BCUT2D eigenvalue weighted by Gasteiger charge is 2.06. The Balaban J connectivity index is 2.27. The highest BCUT2D eigenvalue weighted by Crippen LogP contribution is 2.03. The van der Waals surface area contributed by atoms with E-state index >= 15 is 0 Å². The number of unbranched alkanes of at least 4 members (excludes halogenated alkanes) is 2. The highest BCUT2D eigenvalue weighted by molar-refractivity contribution is 5.92. The molecule has 1 rings (SSSR count). The van der Waals surface area contributed by atoms with Crippen molar-refractivity contribution in [3.63, 3.8) is 0 Å². The molecule has 0 saturated heterocycles. The number of methoxy groups -OCH3 is 1. The number of nitrogens with zero attached hydrogens (tertiary/aromatic N) is 1. The van der Waals surface area contributed by atoms with Crippen molar-refractivity contribution in [1.29, 1.82) is 0 Å². The van der Waals surface area contributed by atoms with Crippen molar-refractivity contribution in [3.05, 3.63) is 23.9 Å². The summed E-state index contributed by atoms with van der Waals surface area (Å²) >= 11 is 0. The van der Waals surface area contributed by atoms with E-state index in [1.165, 1.54) is 0 Å². The highest BCUT2D eigenvalue weighted by atomic mass is 16.5. The zero-order chi connectivity index (χ0) is 13.2.